The first kappa shape index (κ1) is 19.7. The van der Waals surface area contributed by atoms with Gasteiger partial charge in [-0.25, -0.2) is 4.98 Å². The van der Waals surface area contributed by atoms with Crippen LogP contribution in [-0.4, -0.2) is 28.0 Å². The zero-order chi connectivity index (χ0) is 20.9. The van der Waals surface area contributed by atoms with Crippen LogP contribution in [0.1, 0.15) is 87.6 Å². The second-order valence-corrected chi connectivity index (χ2v) is 10.9. The van der Waals surface area contributed by atoms with Crippen LogP contribution in [0.5, 0.6) is 0 Å². The van der Waals surface area contributed by atoms with Gasteiger partial charge in [0.15, 0.2) is 0 Å². The fourth-order valence-electron chi connectivity index (χ4n) is 7.49. The lowest BCUT2D eigenvalue weighted by Crippen LogP contribution is -2.44. The molecule has 0 bridgehead atoms. The molecule has 2 heterocycles. The molecular formula is C27H35N3O. The first-order chi connectivity index (χ1) is 15.2. The van der Waals surface area contributed by atoms with E-state index in [4.69, 9.17) is 4.98 Å². The van der Waals surface area contributed by atoms with E-state index in [0.717, 1.165) is 49.4 Å². The molecule has 0 atom stereocenters. The summed E-state index contributed by atoms with van der Waals surface area (Å²) in [4.78, 5) is 24.5. The molecular weight excluding hydrogens is 382 g/mol. The Kier molecular flexibility index (Phi) is 4.82. The van der Waals surface area contributed by atoms with Crippen LogP contribution < -0.4 is 5.56 Å². The van der Waals surface area contributed by atoms with Gasteiger partial charge >= 0.3 is 0 Å². The van der Waals surface area contributed by atoms with Gasteiger partial charge < -0.3 is 4.98 Å². The van der Waals surface area contributed by atoms with E-state index in [1.807, 2.05) is 0 Å². The van der Waals surface area contributed by atoms with Gasteiger partial charge in [0.2, 0.25) is 0 Å². The monoisotopic (exact) mass is 417 g/mol. The molecule has 1 aromatic carbocycles. The van der Waals surface area contributed by atoms with Crippen molar-refractivity contribution in [1.82, 2.24) is 14.9 Å². The molecule has 4 nitrogen and oxygen atoms in total. The van der Waals surface area contributed by atoms with Crippen LogP contribution in [0.4, 0.5) is 0 Å². The Balaban J connectivity index is 1.35. The summed E-state index contributed by atoms with van der Waals surface area (Å²) < 4.78 is 0. The molecule has 3 fully saturated rings. The van der Waals surface area contributed by atoms with E-state index < -0.39 is 0 Å². The van der Waals surface area contributed by atoms with Crippen molar-refractivity contribution in [2.75, 3.05) is 13.1 Å². The molecule has 0 amide bonds. The number of aromatic amines is 1. The van der Waals surface area contributed by atoms with Crippen LogP contribution in [0.15, 0.2) is 29.1 Å². The van der Waals surface area contributed by atoms with Gasteiger partial charge in [-0.1, -0.05) is 56.4 Å². The SMILES string of the molecule is O=c1[nH]c(CN2CCCC3(CCCCC3)C2)nc2c1C1(CCCC1)Cc1ccccc1-2. The Morgan fingerprint density at radius 2 is 1.68 bits per heavy atom. The van der Waals surface area contributed by atoms with Crippen LogP contribution in [0.3, 0.4) is 0 Å². The number of benzene rings is 1. The molecule has 1 N–H and O–H groups in total. The molecule has 0 radical (unpaired) electrons. The third kappa shape index (κ3) is 3.38. The number of fused-ring (bicyclic) bond motifs is 4. The number of piperidine rings is 1. The van der Waals surface area contributed by atoms with Crippen LogP contribution in [-0.2, 0) is 18.4 Å². The van der Waals surface area contributed by atoms with E-state index in [0.29, 0.717) is 5.41 Å². The zero-order valence-corrected chi connectivity index (χ0v) is 18.7. The highest BCUT2D eigenvalue weighted by atomic mass is 16.1. The minimum absolute atomic E-state index is 0.0000794. The average Bonchev–Trinajstić information content (AvgIpc) is 3.22. The Morgan fingerprint density at radius 1 is 0.935 bits per heavy atom. The van der Waals surface area contributed by atoms with E-state index in [2.05, 4.69) is 34.1 Å². The molecule has 2 aromatic rings. The summed E-state index contributed by atoms with van der Waals surface area (Å²) >= 11 is 0. The second kappa shape index (κ2) is 7.58. The predicted octanol–water partition coefficient (Wildman–Crippen LogP) is 5.35. The number of H-pyrrole nitrogens is 1. The summed E-state index contributed by atoms with van der Waals surface area (Å²) in [5.74, 6) is 0.862. The van der Waals surface area contributed by atoms with Crippen LogP contribution in [0, 0.1) is 5.41 Å². The Bertz CT molecular complexity index is 1020. The van der Waals surface area contributed by atoms with Crippen molar-refractivity contribution in [3.8, 4) is 11.3 Å². The van der Waals surface area contributed by atoms with Gasteiger partial charge in [0, 0.05) is 17.5 Å². The highest BCUT2D eigenvalue weighted by Crippen LogP contribution is 2.49. The predicted molar refractivity (Wildman–Crippen MR) is 124 cm³/mol. The van der Waals surface area contributed by atoms with Crippen molar-refractivity contribution < 1.29 is 0 Å². The van der Waals surface area contributed by atoms with E-state index in [-0.39, 0.29) is 11.0 Å². The molecule has 4 heteroatoms. The standard InChI is InChI=1S/C27H35N3O/c31-25-23-24(21-10-3-2-9-20(21)17-27(23)14-6-7-15-27)28-22(29-25)18-30-16-8-13-26(19-30)11-4-1-5-12-26/h2-3,9-10H,1,4-8,11-19H2,(H,28,29,31). The molecule has 6 rings (SSSR count). The maximum atomic E-state index is 13.5. The lowest BCUT2D eigenvalue weighted by molar-refractivity contribution is 0.0479. The first-order valence-corrected chi connectivity index (χ1v) is 12.6. The van der Waals surface area contributed by atoms with E-state index >= 15 is 0 Å². The van der Waals surface area contributed by atoms with Gasteiger partial charge in [-0.15, -0.1) is 0 Å². The highest BCUT2D eigenvalue weighted by molar-refractivity contribution is 5.71. The smallest absolute Gasteiger partial charge is 0.255 e. The summed E-state index contributed by atoms with van der Waals surface area (Å²) in [6, 6.07) is 8.65. The molecule has 2 spiro atoms. The summed E-state index contributed by atoms with van der Waals surface area (Å²) in [7, 11) is 0. The summed E-state index contributed by atoms with van der Waals surface area (Å²) in [6.45, 7) is 3.08. The number of hydrogen-bond donors (Lipinski definition) is 1. The fraction of sp³-hybridized carbons (Fsp3) is 0.630. The number of nitrogens with zero attached hydrogens (tertiary/aromatic N) is 2. The fourth-order valence-corrected chi connectivity index (χ4v) is 7.49. The lowest BCUT2D eigenvalue weighted by Gasteiger charge is -2.45. The highest BCUT2D eigenvalue weighted by Gasteiger charge is 2.44. The van der Waals surface area contributed by atoms with Crippen LogP contribution in [0.25, 0.3) is 11.3 Å². The molecule has 0 unspecified atom stereocenters. The summed E-state index contributed by atoms with van der Waals surface area (Å²) in [5.41, 5.74) is 5.17. The van der Waals surface area contributed by atoms with E-state index in [9.17, 15) is 4.79 Å². The van der Waals surface area contributed by atoms with Crippen molar-refractivity contribution in [2.24, 2.45) is 5.41 Å². The van der Waals surface area contributed by atoms with Crippen LogP contribution >= 0.6 is 0 Å². The van der Waals surface area contributed by atoms with Gasteiger partial charge in [-0.2, -0.15) is 0 Å². The van der Waals surface area contributed by atoms with Crippen LogP contribution in [0.2, 0.25) is 0 Å². The Morgan fingerprint density at radius 3 is 2.52 bits per heavy atom. The maximum absolute atomic E-state index is 13.5. The lowest BCUT2D eigenvalue weighted by atomic mass is 9.68. The second-order valence-electron chi connectivity index (χ2n) is 10.9. The largest absolute Gasteiger partial charge is 0.309 e. The number of nitrogens with one attached hydrogen (secondary N) is 1. The average molecular weight is 418 g/mol. The van der Waals surface area contributed by atoms with Crippen molar-refractivity contribution >= 4 is 0 Å². The minimum Gasteiger partial charge on any atom is -0.309 e. The molecule has 164 valence electrons. The normalized spacial score (nSPS) is 24.3. The Hall–Kier alpha value is -1.94. The molecule has 3 aliphatic carbocycles. The van der Waals surface area contributed by atoms with Gasteiger partial charge in [0.05, 0.1) is 17.8 Å². The van der Waals surface area contributed by atoms with Gasteiger partial charge in [0.25, 0.3) is 5.56 Å². The third-order valence-corrected chi connectivity index (χ3v) is 8.89. The minimum atomic E-state index is 0.0000794. The quantitative estimate of drug-likeness (QED) is 0.716. The third-order valence-electron chi connectivity index (χ3n) is 8.89. The molecule has 31 heavy (non-hydrogen) atoms. The topological polar surface area (TPSA) is 49.0 Å². The first-order valence-electron chi connectivity index (χ1n) is 12.6. The molecule has 1 aromatic heterocycles. The summed E-state index contributed by atoms with van der Waals surface area (Å²) in [5, 5.41) is 0. The van der Waals surface area contributed by atoms with Gasteiger partial charge in [0.1, 0.15) is 5.82 Å². The van der Waals surface area contributed by atoms with Gasteiger partial charge in [-0.05, 0) is 62.5 Å². The summed E-state index contributed by atoms with van der Waals surface area (Å²) in [6.07, 6.45) is 15.3. The Labute approximate surface area is 185 Å². The molecule has 4 aliphatic rings. The molecule has 1 aliphatic heterocycles. The maximum Gasteiger partial charge on any atom is 0.255 e. The zero-order valence-electron chi connectivity index (χ0n) is 18.7. The number of likely N-dealkylation sites (tertiary alicyclic amines) is 1. The van der Waals surface area contributed by atoms with Crippen molar-refractivity contribution in [1.29, 1.82) is 0 Å². The number of aromatic nitrogens is 2. The number of hydrogen-bond acceptors (Lipinski definition) is 3. The van der Waals surface area contributed by atoms with E-state index in [1.165, 1.54) is 75.5 Å². The number of rotatable bonds is 2. The molecule has 1 saturated heterocycles. The van der Waals surface area contributed by atoms with Crippen molar-refractivity contribution in [3.63, 3.8) is 0 Å². The molecule has 2 saturated carbocycles. The van der Waals surface area contributed by atoms with E-state index in [1.54, 1.807) is 0 Å². The van der Waals surface area contributed by atoms with Gasteiger partial charge in [-0.3, -0.25) is 9.69 Å². The van der Waals surface area contributed by atoms with Crippen molar-refractivity contribution in [3.05, 3.63) is 51.6 Å². The van der Waals surface area contributed by atoms with Crippen molar-refractivity contribution in [2.45, 2.75) is 89.0 Å².